The number of nitrogens with one attached hydrogen (secondary N) is 2. The number of hydrogen-bond acceptors (Lipinski definition) is 4. The standard InChI is InChI=1S/C19H15Cl3N2O4S2/c1-12-15(20)4-3-7-18(12)24-29(25,26)14-10-8-13(9-11-14)23-30(27,28)19-16(21)5-2-6-17(19)22/h2-11,23-24H,1H3. The third-order valence-electron chi connectivity index (χ3n) is 4.12. The van der Waals surface area contributed by atoms with Crippen LogP contribution in [0, 0.1) is 6.92 Å². The molecule has 0 aliphatic rings. The molecule has 0 bridgehead atoms. The summed E-state index contributed by atoms with van der Waals surface area (Å²) in [4.78, 5) is -0.316. The molecule has 3 aromatic rings. The normalized spacial score (nSPS) is 11.9. The average molecular weight is 506 g/mol. The van der Waals surface area contributed by atoms with Gasteiger partial charge in [-0.25, -0.2) is 16.8 Å². The van der Waals surface area contributed by atoms with Gasteiger partial charge in [0.15, 0.2) is 0 Å². The van der Waals surface area contributed by atoms with E-state index in [9.17, 15) is 16.8 Å². The second-order valence-corrected chi connectivity index (χ2v) is 10.7. The smallest absolute Gasteiger partial charge is 0.264 e. The number of rotatable bonds is 6. The maximum atomic E-state index is 12.6. The predicted molar refractivity (Wildman–Crippen MR) is 121 cm³/mol. The second-order valence-electron chi connectivity index (χ2n) is 6.20. The molecule has 0 saturated carbocycles. The van der Waals surface area contributed by atoms with Crippen LogP contribution < -0.4 is 9.44 Å². The monoisotopic (exact) mass is 504 g/mol. The van der Waals surface area contributed by atoms with E-state index in [1.54, 1.807) is 25.1 Å². The highest BCUT2D eigenvalue weighted by Gasteiger charge is 2.22. The summed E-state index contributed by atoms with van der Waals surface area (Å²) < 4.78 is 55.3. The van der Waals surface area contributed by atoms with Gasteiger partial charge in [-0.1, -0.05) is 46.9 Å². The van der Waals surface area contributed by atoms with E-state index in [0.717, 1.165) is 0 Å². The summed E-state index contributed by atoms with van der Waals surface area (Å²) in [5.74, 6) is 0. The second kappa shape index (κ2) is 8.64. The van der Waals surface area contributed by atoms with E-state index in [4.69, 9.17) is 34.8 Å². The first kappa shape index (κ1) is 22.7. The van der Waals surface area contributed by atoms with E-state index in [0.29, 0.717) is 16.3 Å². The summed E-state index contributed by atoms with van der Waals surface area (Å²) in [6.45, 7) is 1.69. The molecule has 6 nitrogen and oxygen atoms in total. The van der Waals surface area contributed by atoms with Gasteiger partial charge in [0.05, 0.1) is 20.6 Å². The molecular weight excluding hydrogens is 491 g/mol. The molecule has 0 saturated heterocycles. The van der Waals surface area contributed by atoms with Crippen molar-refractivity contribution in [2.45, 2.75) is 16.7 Å². The lowest BCUT2D eigenvalue weighted by molar-refractivity contribution is 0.600. The Morgan fingerprint density at radius 1 is 0.667 bits per heavy atom. The summed E-state index contributed by atoms with van der Waals surface area (Å²) in [6.07, 6.45) is 0. The number of hydrogen-bond donors (Lipinski definition) is 2. The van der Waals surface area contributed by atoms with Crippen LogP contribution in [0.4, 0.5) is 11.4 Å². The first-order valence-corrected chi connectivity index (χ1v) is 12.5. The fourth-order valence-corrected chi connectivity index (χ4v) is 6.07. The molecule has 0 radical (unpaired) electrons. The molecule has 158 valence electrons. The van der Waals surface area contributed by atoms with Gasteiger partial charge in [-0.3, -0.25) is 9.44 Å². The van der Waals surface area contributed by atoms with Gasteiger partial charge in [0.25, 0.3) is 20.0 Å². The first-order chi connectivity index (χ1) is 14.0. The Hall–Kier alpha value is -1.97. The van der Waals surface area contributed by atoms with E-state index >= 15 is 0 Å². The van der Waals surface area contributed by atoms with Gasteiger partial charge >= 0.3 is 0 Å². The van der Waals surface area contributed by atoms with Crippen molar-refractivity contribution in [1.82, 2.24) is 0 Å². The molecule has 0 fully saturated rings. The van der Waals surface area contributed by atoms with E-state index in [1.807, 2.05) is 0 Å². The molecule has 0 atom stereocenters. The van der Waals surface area contributed by atoms with Crippen LogP contribution in [0.1, 0.15) is 5.56 Å². The summed E-state index contributed by atoms with van der Waals surface area (Å²) in [7, 11) is -7.98. The largest absolute Gasteiger partial charge is 0.280 e. The van der Waals surface area contributed by atoms with Crippen LogP contribution >= 0.6 is 34.8 Å². The van der Waals surface area contributed by atoms with Gasteiger partial charge in [-0.2, -0.15) is 0 Å². The summed E-state index contributed by atoms with van der Waals surface area (Å²) in [6, 6.07) is 14.4. The number of anilines is 2. The Balaban J connectivity index is 1.85. The van der Waals surface area contributed by atoms with Crippen LogP contribution in [-0.2, 0) is 20.0 Å². The minimum absolute atomic E-state index is 0.0321. The molecule has 0 amide bonds. The zero-order valence-electron chi connectivity index (χ0n) is 15.4. The lowest BCUT2D eigenvalue weighted by Crippen LogP contribution is -2.15. The van der Waals surface area contributed by atoms with Crippen LogP contribution in [0.25, 0.3) is 0 Å². The molecule has 0 unspecified atom stereocenters. The molecule has 0 aromatic heterocycles. The third-order valence-corrected chi connectivity index (χ3v) is 8.24. The Morgan fingerprint density at radius 3 is 1.80 bits per heavy atom. The average Bonchev–Trinajstić information content (AvgIpc) is 2.65. The summed E-state index contributed by atoms with van der Waals surface area (Å²) in [5, 5.41) is 0.365. The molecule has 0 heterocycles. The van der Waals surface area contributed by atoms with Crippen molar-refractivity contribution < 1.29 is 16.8 Å². The van der Waals surface area contributed by atoms with Gasteiger partial charge in [0.2, 0.25) is 0 Å². The minimum atomic E-state index is -4.08. The van der Waals surface area contributed by atoms with Gasteiger partial charge in [-0.15, -0.1) is 0 Å². The molecule has 0 aliphatic carbocycles. The van der Waals surface area contributed by atoms with E-state index in [2.05, 4.69) is 9.44 Å². The third kappa shape index (κ3) is 4.84. The Bertz CT molecular complexity index is 1290. The van der Waals surface area contributed by atoms with E-state index < -0.39 is 20.0 Å². The number of benzene rings is 3. The first-order valence-electron chi connectivity index (χ1n) is 8.36. The quantitative estimate of drug-likeness (QED) is 0.459. The van der Waals surface area contributed by atoms with Crippen LogP contribution in [0.15, 0.2) is 70.5 Å². The maximum absolute atomic E-state index is 12.6. The van der Waals surface area contributed by atoms with Gasteiger partial charge < -0.3 is 0 Å². The van der Waals surface area contributed by atoms with Crippen molar-refractivity contribution in [1.29, 1.82) is 0 Å². The van der Waals surface area contributed by atoms with Crippen molar-refractivity contribution >= 4 is 66.2 Å². The van der Waals surface area contributed by atoms with Crippen molar-refractivity contribution in [3.63, 3.8) is 0 Å². The van der Waals surface area contributed by atoms with E-state index in [1.165, 1.54) is 42.5 Å². The van der Waals surface area contributed by atoms with Crippen molar-refractivity contribution in [2.75, 3.05) is 9.44 Å². The summed E-state index contributed by atoms with van der Waals surface area (Å²) in [5.41, 5.74) is 1.08. The fourth-order valence-electron chi connectivity index (χ4n) is 2.57. The molecule has 11 heteroatoms. The van der Waals surface area contributed by atoms with Crippen LogP contribution in [0.5, 0.6) is 0 Å². The Morgan fingerprint density at radius 2 is 1.20 bits per heavy atom. The number of sulfonamides is 2. The maximum Gasteiger partial charge on any atom is 0.264 e. The van der Waals surface area contributed by atoms with Crippen LogP contribution in [-0.4, -0.2) is 16.8 Å². The van der Waals surface area contributed by atoms with Crippen molar-refractivity contribution in [2.24, 2.45) is 0 Å². The van der Waals surface area contributed by atoms with Crippen molar-refractivity contribution in [3.8, 4) is 0 Å². The van der Waals surface area contributed by atoms with Gasteiger partial charge in [0.1, 0.15) is 4.90 Å². The zero-order chi connectivity index (χ0) is 22.1. The minimum Gasteiger partial charge on any atom is -0.280 e. The molecule has 3 aromatic carbocycles. The highest BCUT2D eigenvalue weighted by Crippen LogP contribution is 2.31. The molecule has 0 spiro atoms. The molecule has 30 heavy (non-hydrogen) atoms. The molecule has 0 aliphatic heterocycles. The lowest BCUT2D eigenvalue weighted by Gasteiger charge is -2.13. The van der Waals surface area contributed by atoms with Crippen LogP contribution in [0.2, 0.25) is 15.1 Å². The SMILES string of the molecule is Cc1c(Cl)cccc1NS(=O)(=O)c1ccc(NS(=O)(=O)c2c(Cl)cccc2Cl)cc1. The predicted octanol–water partition coefficient (Wildman–Crippen LogP) is 5.56. The van der Waals surface area contributed by atoms with E-state index in [-0.39, 0.29) is 25.5 Å². The molecule has 2 N–H and O–H groups in total. The number of halogens is 3. The summed E-state index contributed by atoms with van der Waals surface area (Å²) >= 11 is 18.0. The molecular formula is C19H15Cl3N2O4S2. The highest BCUT2D eigenvalue weighted by molar-refractivity contribution is 7.93. The lowest BCUT2D eigenvalue weighted by atomic mass is 10.2. The highest BCUT2D eigenvalue weighted by atomic mass is 35.5. The van der Waals surface area contributed by atoms with Gasteiger partial charge in [0, 0.05) is 10.7 Å². The van der Waals surface area contributed by atoms with Crippen molar-refractivity contribution in [3.05, 3.63) is 81.3 Å². The van der Waals surface area contributed by atoms with Crippen LogP contribution in [0.3, 0.4) is 0 Å². The Kier molecular flexibility index (Phi) is 6.54. The Labute approximate surface area is 189 Å². The van der Waals surface area contributed by atoms with Gasteiger partial charge in [-0.05, 0) is 61.0 Å². The topological polar surface area (TPSA) is 92.3 Å². The molecule has 3 rings (SSSR count). The fraction of sp³-hybridized carbons (Fsp3) is 0.0526. The zero-order valence-corrected chi connectivity index (χ0v) is 19.3.